The summed E-state index contributed by atoms with van der Waals surface area (Å²) in [7, 11) is 0. The Balaban J connectivity index is 2.21. The first-order chi connectivity index (χ1) is 7.31. The lowest BCUT2D eigenvalue weighted by Crippen LogP contribution is -2.31. The lowest BCUT2D eigenvalue weighted by molar-refractivity contribution is 0.0948. The highest BCUT2D eigenvalue weighted by molar-refractivity contribution is 5.91. The largest absolute Gasteiger partial charge is 0.355 e. The van der Waals surface area contributed by atoms with Gasteiger partial charge in [-0.2, -0.15) is 0 Å². The van der Waals surface area contributed by atoms with Crippen LogP contribution in [0.5, 0.6) is 0 Å². The predicted octanol–water partition coefficient (Wildman–Crippen LogP) is -0.320. The molecule has 1 aromatic rings. The number of anilines is 1. The summed E-state index contributed by atoms with van der Waals surface area (Å²) in [4.78, 5) is 21.5. The molecule has 0 spiro atoms. The second kappa shape index (κ2) is 4.22. The second-order valence-corrected chi connectivity index (χ2v) is 3.43. The van der Waals surface area contributed by atoms with Gasteiger partial charge in [-0.05, 0) is 12.8 Å². The molecule has 0 unspecified atom stereocenters. The van der Waals surface area contributed by atoms with Crippen molar-refractivity contribution in [2.75, 3.05) is 18.0 Å². The fourth-order valence-corrected chi connectivity index (χ4v) is 1.64. The van der Waals surface area contributed by atoms with Crippen LogP contribution in [0.15, 0.2) is 12.4 Å². The van der Waals surface area contributed by atoms with E-state index in [2.05, 4.69) is 14.9 Å². The van der Waals surface area contributed by atoms with Crippen molar-refractivity contribution in [1.82, 2.24) is 15.4 Å². The van der Waals surface area contributed by atoms with E-state index < -0.39 is 5.91 Å². The molecule has 6 heteroatoms. The van der Waals surface area contributed by atoms with E-state index in [4.69, 9.17) is 5.84 Å². The smallest absolute Gasteiger partial charge is 0.285 e. The number of nitrogen functional groups attached to an aromatic ring is 1. The van der Waals surface area contributed by atoms with Crippen LogP contribution < -0.4 is 16.2 Å². The zero-order valence-corrected chi connectivity index (χ0v) is 8.31. The van der Waals surface area contributed by atoms with Crippen molar-refractivity contribution in [1.29, 1.82) is 0 Å². The summed E-state index contributed by atoms with van der Waals surface area (Å²) in [5.74, 6) is 5.36. The molecule has 6 nitrogen and oxygen atoms in total. The van der Waals surface area contributed by atoms with E-state index in [1.54, 1.807) is 6.20 Å². The molecule has 1 amide bonds. The van der Waals surface area contributed by atoms with Crippen molar-refractivity contribution in [2.45, 2.75) is 12.8 Å². The molecule has 2 rings (SSSR count). The van der Waals surface area contributed by atoms with Crippen LogP contribution in [0.25, 0.3) is 0 Å². The molecule has 3 N–H and O–H groups in total. The predicted molar refractivity (Wildman–Crippen MR) is 55.1 cm³/mol. The van der Waals surface area contributed by atoms with Gasteiger partial charge in [0.15, 0.2) is 0 Å². The standard InChI is InChI=1S/C9H13N5O/c10-13-9(15)7-5-11-6-8(12-7)14-3-1-2-4-14/h5-6H,1-4,10H2,(H,13,15). The number of amides is 1. The van der Waals surface area contributed by atoms with Gasteiger partial charge in [0, 0.05) is 13.1 Å². The van der Waals surface area contributed by atoms with Gasteiger partial charge in [0.1, 0.15) is 11.5 Å². The van der Waals surface area contributed by atoms with Crippen molar-refractivity contribution < 1.29 is 4.79 Å². The molecule has 80 valence electrons. The first-order valence-electron chi connectivity index (χ1n) is 4.89. The maximum atomic E-state index is 11.2. The van der Waals surface area contributed by atoms with E-state index in [1.165, 1.54) is 6.20 Å². The lowest BCUT2D eigenvalue weighted by atomic mass is 10.4. The molecule has 1 aliphatic heterocycles. The average Bonchev–Trinajstić information content (AvgIpc) is 2.82. The molecule has 15 heavy (non-hydrogen) atoms. The first-order valence-corrected chi connectivity index (χ1v) is 4.89. The molecule has 0 saturated carbocycles. The number of nitrogens with zero attached hydrogens (tertiary/aromatic N) is 3. The fraction of sp³-hybridized carbons (Fsp3) is 0.444. The van der Waals surface area contributed by atoms with Gasteiger partial charge in [0.05, 0.1) is 12.4 Å². The molecule has 1 fully saturated rings. The number of carbonyl (C=O) groups excluding carboxylic acids is 1. The SMILES string of the molecule is NNC(=O)c1cncc(N2CCCC2)n1. The minimum absolute atomic E-state index is 0.252. The van der Waals surface area contributed by atoms with Crippen molar-refractivity contribution in [3.05, 3.63) is 18.1 Å². The molecule has 0 bridgehead atoms. The monoisotopic (exact) mass is 207 g/mol. The van der Waals surface area contributed by atoms with Crippen molar-refractivity contribution in [3.63, 3.8) is 0 Å². The number of aromatic nitrogens is 2. The lowest BCUT2D eigenvalue weighted by Gasteiger charge is -2.15. The van der Waals surface area contributed by atoms with Gasteiger partial charge >= 0.3 is 0 Å². The highest BCUT2D eigenvalue weighted by Gasteiger charge is 2.15. The van der Waals surface area contributed by atoms with E-state index in [9.17, 15) is 4.79 Å². The van der Waals surface area contributed by atoms with Crippen LogP contribution >= 0.6 is 0 Å². The number of nitrogens with one attached hydrogen (secondary N) is 1. The Hall–Kier alpha value is -1.69. The molecule has 1 aliphatic rings. The fourth-order valence-electron chi connectivity index (χ4n) is 1.64. The van der Waals surface area contributed by atoms with Crippen LogP contribution in [-0.2, 0) is 0 Å². The van der Waals surface area contributed by atoms with Gasteiger partial charge in [0.25, 0.3) is 5.91 Å². The van der Waals surface area contributed by atoms with E-state index in [-0.39, 0.29) is 5.69 Å². The summed E-state index contributed by atoms with van der Waals surface area (Å²) >= 11 is 0. The van der Waals surface area contributed by atoms with Gasteiger partial charge in [0.2, 0.25) is 0 Å². The molecule has 2 heterocycles. The Labute approximate surface area is 87.5 Å². The molecule has 0 aromatic carbocycles. The Bertz CT molecular complexity index is 361. The summed E-state index contributed by atoms with van der Waals surface area (Å²) in [5, 5.41) is 0. The van der Waals surface area contributed by atoms with Crippen molar-refractivity contribution in [2.24, 2.45) is 5.84 Å². The van der Waals surface area contributed by atoms with Gasteiger partial charge in [-0.15, -0.1) is 0 Å². The van der Waals surface area contributed by atoms with Crippen LogP contribution in [-0.4, -0.2) is 29.0 Å². The van der Waals surface area contributed by atoms with Gasteiger partial charge < -0.3 is 4.90 Å². The number of nitrogens with two attached hydrogens (primary N) is 1. The van der Waals surface area contributed by atoms with Crippen LogP contribution in [0, 0.1) is 0 Å². The third-order valence-electron chi connectivity index (χ3n) is 2.42. The van der Waals surface area contributed by atoms with E-state index >= 15 is 0 Å². The summed E-state index contributed by atoms with van der Waals surface area (Å²) in [5.41, 5.74) is 2.29. The molecule has 0 atom stereocenters. The van der Waals surface area contributed by atoms with Gasteiger partial charge in [-0.25, -0.2) is 10.8 Å². The normalized spacial score (nSPS) is 15.4. The maximum Gasteiger partial charge on any atom is 0.285 e. The highest BCUT2D eigenvalue weighted by Crippen LogP contribution is 2.16. The number of hydrogen-bond acceptors (Lipinski definition) is 5. The van der Waals surface area contributed by atoms with Crippen molar-refractivity contribution >= 4 is 11.7 Å². The van der Waals surface area contributed by atoms with Crippen LogP contribution in [0.1, 0.15) is 23.3 Å². The van der Waals surface area contributed by atoms with Gasteiger partial charge in [-0.3, -0.25) is 15.2 Å². The Morgan fingerprint density at radius 3 is 2.80 bits per heavy atom. The molecular formula is C9H13N5O. The number of carbonyl (C=O) groups is 1. The summed E-state index contributed by atoms with van der Waals surface area (Å²) in [6, 6.07) is 0. The maximum absolute atomic E-state index is 11.2. The van der Waals surface area contributed by atoms with E-state index in [0.29, 0.717) is 0 Å². The van der Waals surface area contributed by atoms with Crippen LogP contribution in [0.4, 0.5) is 5.82 Å². The Morgan fingerprint density at radius 2 is 2.13 bits per heavy atom. The first kappa shape index (κ1) is 9.85. The number of hydrogen-bond donors (Lipinski definition) is 2. The molecule has 1 saturated heterocycles. The van der Waals surface area contributed by atoms with E-state index in [0.717, 1.165) is 31.7 Å². The van der Waals surface area contributed by atoms with Crippen LogP contribution in [0.3, 0.4) is 0 Å². The number of hydrazine groups is 1. The van der Waals surface area contributed by atoms with Crippen molar-refractivity contribution in [3.8, 4) is 0 Å². The highest BCUT2D eigenvalue weighted by atomic mass is 16.2. The molecule has 0 aliphatic carbocycles. The summed E-state index contributed by atoms with van der Waals surface area (Å²) < 4.78 is 0. The quantitative estimate of drug-likeness (QED) is 0.394. The second-order valence-electron chi connectivity index (χ2n) is 3.43. The zero-order valence-electron chi connectivity index (χ0n) is 8.31. The van der Waals surface area contributed by atoms with E-state index in [1.807, 2.05) is 5.43 Å². The zero-order chi connectivity index (χ0) is 10.7. The molecular weight excluding hydrogens is 194 g/mol. The van der Waals surface area contributed by atoms with Crippen LogP contribution in [0.2, 0.25) is 0 Å². The summed E-state index contributed by atoms with van der Waals surface area (Å²) in [6.07, 6.45) is 5.39. The third kappa shape index (κ3) is 2.04. The Kier molecular flexibility index (Phi) is 2.77. The topological polar surface area (TPSA) is 84.1 Å². The minimum atomic E-state index is -0.413. The average molecular weight is 207 g/mol. The number of rotatable bonds is 2. The minimum Gasteiger partial charge on any atom is -0.355 e. The third-order valence-corrected chi connectivity index (χ3v) is 2.42. The Morgan fingerprint density at radius 1 is 1.40 bits per heavy atom. The summed E-state index contributed by atoms with van der Waals surface area (Å²) in [6.45, 7) is 1.95. The molecule has 1 aromatic heterocycles. The van der Waals surface area contributed by atoms with Gasteiger partial charge in [-0.1, -0.05) is 0 Å². The molecule has 0 radical (unpaired) electrons.